The first kappa shape index (κ1) is 18.3. The van der Waals surface area contributed by atoms with Crippen molar-refractivity contribution in [2.24, 2.45) is 0 Å². The second-order valence-electron chi connectivity index (χ2n) is 3.66. The third kappa shape index (κ3) is 6.50. The van der Waals surface area contributed by atoms with E-state index in [0.29, 0.717) is 0 Å². The van der Waals surface area contributed by atoms with E-state index in [9.17, 15) is 22.8 Å². The summed E-state index contributed by atoms with van der Waals surface area (Å²) in [5, 5.41) is 0. The normalized spacial score (nSPS) is 9.95. The van der Waals surface area contributed by atoms with Gasteiger partial charge in [-0.05, 0) is 0 Å². The van der Waals surface area contributed by atoms with Gasteiger partial charge in [0.15, 0.2) is 0 Å². The van der Waals surface area contributed by atoms with Gasteiger partial charge < -0.3 is 34.6 Å². The van der Waals surface area contributed by atoms with Crippen molar-refractivity contribution in [2.45, 2.75) is 12.6 Å². The minimum atomic E-state index is -4.93. The van der Waals surface area contributed by atoms with Crippen molar-refractivity contribution in [1.82, 2.24) is 0 Å². The van der Waals surface area contributed by atoms with Crippen LogP contribution >= 0.6 is 0 Å². The molecule has 114 valence electrons. The summed E-state index contributed by atoms with van der Waals surface area (Å²) in [6.07, 6.45) is -6.05. The number of carbonyl (C=O) groups is 2. The van der Waals surface area contributed by atoms with Gasteiger partial charge >= 0.3 is 6.18 Å². The Hall–Kier alpha value is -1.65. The van der Waals surface area contributed by atoms with Crippen molar-refractivity contribution in [1.29, 1.82) is 0 Å². The van der Waals surface area contributed by atoms with Crippen LogP contribution in [0.3, 0.4) is 0 Å². The minimum Gasteiger partial charge on any atom is -0.718 e. The Morgan fingerprint density at radius 2 is 1.55 bits per heavy atom. The number of carbonyl (C=O) groups excluding carboxylic acids is 2. The van der Waals surface area contributed by atoms with Crippen LogP contribution in [0.4, 0.5) is 13.2 Å². The number of alkyl halides is 3. The molecule has 0 aliphatic heterocycles. The molecule has 0 aliphatic carbocycles. The molecular formula is C14H11F3FeO2-6. The molecule has 0 saturated carbocycles. The largest absolute Gasteiger partial charge is 0.718 e. The predicted octanol–water partition coefficient (Wildman–Crippen LogP) is 3.51. The SMILES string of the molecule is O=C(CC(=O)C(F)(F)F)[c-]1[cH-][cH-][cH-][cH-]1.[Fe].c1cc[cH-]c1. The van der Waals surface area contributed by atoms with Crippen LogP contribution in [0.25, 0.3) is 0 Å². The molecule has 2 nitrogen and oxygen atoms in total. The number of ketones is 2. The number of hydrogen-bond acceptors (Lipinski definition) is 2. The fraction of sp³-hybridized carbons (Fsp3) is 0.143. The van der Waals surface area contributed by atoms with Gasteiger partial charge in [-0.15, -0.1) is 0 Å². The monoisotopic (exact) mass is 324 g/mol. The van der Waals surface area contributed by atoms with Gasteiger partial charge in [-0.3, -0.25) is 10.6 Å². The Bertz CT molecular complexity index is 482. The summed E-state index contributed by atoms with van der Waals surface area (Å²) >= 11 is 0. The summed E-state index contributed by atoms with van der Waals surface area (Å²) < 4.78 is 35.2. The van der Waals surface area contributed by atoms with Crippen LogP contribution in [0.2, 0.25) is 0 Å². The summed E-state index contributed by atoms with van der Waals surface area (Å²) in [4.78, 5) is 21.5. The zero-order valence-electron chi connectivity index (χ0n) is 10.2. The van der Waals surface area contributed by atoms with E-state index in [1.807, 2.05) is 30.3 Å². The van der Waals surface area contributed by atoms with Crippen molar-refractivity contribution >= 4 is 11.6 Å². The Balaban J connectivity index is 0.000000507. The molecule has 0 N–H and O–H groups in total. The van der Waals surface area contributed by atoms with Crippen molar-refractivity contribution < 1.29 is 39.8 Å². The zero-order valence-corrected chi connectivity index (χ0v) is 11.3. The van der Waals surface area contributed by atoms with Gasteiger partial charge in [0.2, 0.25) is 5.78 Å². The van der Waals surface area contributed by atoms with Crippen molar-refractivity contribution in [3.63, 3.8) is 0 Å². The Morgan fingerprint density at radius 1 is 1.05 bits per heavy atom. The topological polar surface area (TPSA) is 34.1 Å². The molecular weight excluding hydrogens is 313 g/mol. The second-order valence-corrected chi connectivity index (χ2v) is 3.66. The molecule has 0 fully saturated rings. The van der Waals surface area contributed by atoms with Crippen LogP contribution in [-0.2, 0) is 21.9 Å². The summed E-state index contributed by atoms with van der Waals surface area (Å²) in [7, 11) is 0. The quantitative estimate of drug-likeness (QED) is 0.375. The van der Waals surface area contributed by atoms with Crippen LogP contribution < -0.4 is 0 Å². The molecule has 2 aromatic carbocycles. The smallest absolute Gasteiger partial charge is 0.448 e. The fourth-order valence-electron chi connectivity index (χ4n) is 1.23. The molecule has 0 heterocycles. The van der Waals surface area contributed by atoms with Gasteiger partial charge in [0.05, 0.1) is 0 Å². The van der Waals surface area contributed by atoms with Crippen molar-refractivity contribution in [3.8, 4) is 0 Å². The molecule has 6 heteroatoms. The summed E-state index contributed by atoms with van der Waals surface area (Å²) in [5.74, 6) is -2.82. The third-order valence-corrected chi connectivity index (χ3v) is 2.18. The molecule has 0 aliphatic rings. The predicted molar refractivity (Wildman–Crippen MR) is 64.1 cm³/mol. The fourth-order valence-corrected chi connectivity index (χ4v) is 1.23. The first-order valence-electron chi connectivity index (χ1n) is 5.43. The number of Topliss-reactive ketones (excluding diaryl/α,β-unsaturated/α-hetero) is 2. The van der Waals surface area contributed by atoms with Crippen LogP contribution in [0.15, 0.2) is 54.6 Å². The van der Waals surface area contributed by atoms with Gasteiger partial charge in [-0.25, -0.2) is 12.1 Å². The van der Waals surface area contributed by atoms with Crippen molar-refractivity contribution in [2.75, 3.05) is 0 Å². The summed E-state index contributed by atoms with van der Waals surface area (Å²) in [6, 6.07) is 15.8. The van der Waals surface area contributed by atoms with E-state index in [4.69, 9.17) is 0 Å². The van der Waals surface area contributed by atoms with Gasteiger partial charge in [0.1, 0.15) is 0 Å². The maximum Gasteiger partial charge on any atom is 0.448 e. The van der Waals surface area contributed by atoms with Crippen LogP contribution in [-0.4, -0.2) is 17.7 Å². The van der Waals surface area contributed by atoms with Crippen LogP contribution in [0, 0.1) is 0 Å². The van der Waals surface area contributed by atoms with Gasteiger partial charge in [-0.1, -0.05) is 6.42 Å². The maximum absolute atomic E-state index is 11.7. The van der Waals surface area contributed by atoms with E-state index in [1.165, 1.54) is 24.3 Å². The summed E-state index contributed by atoms with van der Waals surface area (Å²) in [6.45, 7) is 0. The third-order valence-electron chi connectivity index (χ3n) is 2.18. The molecule has 0 saturated heterocycles. The number of hydrogen-bond donors (Lipinski definition) is 0. The van der Waals surface area contributed by atoms with E-state index in [1.54, 1.807) is 0 Å². The van der Waals surface area contributed by atoms with E-state index < -0.39 is 24.2 Å². The molecule has 0 spiro atoms. The first-order chi connectivity index (χ1) is 8.91. The molecule has 0 amide bonds. The Kier molecular flexibility index (Phi) is 7.80. The zero-order chi connectivity index (χ0) is 14.3. The number of halogens is 3. The van der Waals surface area contributed by atoms with Crippen LogP contribution in [0.5, 0.6) is 0 Å². The molecule has 0 aromatic heterocycles. The van der Waals surface area contributed by atoms with E-state index in [-0.39, 0.29) is 22.6 Å². The first-order valence-corrected chi connectivity index (χ1v) is 5.43. The van der Waals surface area contributed by atoms with E-state index in [2.05, 4.69) is 0 Å². The Morgan fingerprint density at radius 3 is 1.90 bits per heavy atom. The molecule has 0 unspecified atom stereocenters. The van der Waals surface area contributed by atoms with Gasteiger partial charge in [0.25, 0.3) is 0 Å². The Labute approximate surface area is 124 Å². The summed E-state index contributed by atoms with van der Waals surface area (Å²) in [5.41, 5.74) is 0.127. The molecule has 0 bridgehead atoms. The maximum atomic E-state index is 11.7. The second kappa shape index (κ2) is 8.51. The minimum absolute atomic E-state index is 0. The van der Waals surface area contributed by atoms with Gasteiger partial charge in [0, 0.05) is 17.1 Å². The molecule has 0 radical (unpaired) electrons. The average Bonchev–Trinajstić information content (AvgIpc) is 3.04. The van der Waals surface area contributed by atoms with E-state index in [0.717, 1.165) is 0 Å². The number of rotatable bonds is 3. The van der Waals surface area contributed by atoms with Gasteiger partial charge in [-0.2, -0.15) is 31.4 Å². The average molecular weight is 324 g/mol. The molecule has 2 aromatic rings. The molecule has 20 heavy (non-hydrogen) atoms. The molecule has 2 rings (SSSR count). The molecule has 0 atom stereocenters. The van der Waals surface area contributed by atoms with Crippen LogP contribution in [0.1, 0.15) is 16.8 Å². The standard InChI is InChI=1S/C9H6F3O2.C5H5.Fe/c10-9(11,12)8(14)5-7(13)6-3-1-2-4-6;1-2-4-5-3-1;/h1-4H,5H2;1-5H;/q-5;-1;. The van der Waals surface area contributed by atoms with Crippen molar-refractivity contribution in [3.05, 3.63) is 60.2 Å². The van der Waals surface area contributed by atoms with E-state index >= 15 is 0 Å².